The Morgan fingerprint density at radius 3 is 2.18 bits per heavy atom. The van der Waals surface area contributed by atoms with Crippen LogP contribution in [0.4, 0.5) is 0 Å². The first-order valence-electron chi connectivity index (χ1n) is 3.08. The summed E-state index contributed by atoms with van der Waals surface area (Å²) < 4.78 is 0. The zero-order valence-corrected chi connectivity index (χ0v) is 8.12. The second-order valence-electron chi connectivity index (χ2n) is 1.98. The van der Waals surface area contributed by atoms with Crippen molar-refractivity contribution >= 4 is 61.7 Å². The molecule has 0 unspecified atom stereocenters. The zero-order chi connectivity index (χ0) is 6.53. The molecule has 58 valence electrons. The molecule has 0 saturated heterocycles. The molecule has 0 nitrogen and oxygen atoms in total. The third kappa shape index (κ3) is 6.14. The van der Waals surface area contributed by atoms with Crippen molar-refractivity contribution in [1.29, 1.82) is 0 Å². The van der Waals surface area contributed by atoms with Crippen LogP contribution < -0.4 is 0 Å². The van der Waals surface area contributed by atoms with Crippen LogP contribution >= 0.6 is 24.0 Å². The summed E-state index contributed by atoms with van der Waals surface area (Å²) in [5.74, 6) is 0. The number of halogens is 1. The predicted molar refractivity (Wildman–Crippen MR) is 64.3 cm³/mol. The van der Waals surface area contributed by atoms with Crippen LogP contribution in [0.25, 0.3) is 0 Å². The molecule has 0 amide bonds. The molecule has 0 spiro atoms. The van der Waals surface area contributed by atoms with Gasteiger partial charge in [-0.3, -0.25) is 0 Å². The third-order valence-corrected chi connectivity index (χ3v) is 1.22. The normalized spacial score (nSPS) is 7.27. The maximum atomic E-state index is 3.66. The molecule has 1 aromatic rings. The molecule has 0 aliphatic rings. The van der Waals surface area contributed by atoms with Gasteiger partial charge in [0.15, 0.2) is 0 Å². The quantitative estimate of drug-likeness (QED) is 0.444. The summed E-state index contributed by atoms with van der Waals surface area (Å²) >= 11 is 0. The van der Waals surface area contributed by atoms with Gasteiger partial charge in [0.1, 0.15) is 0 Å². The van der Waals surface area contributed by atoms with E-state index in [4.69, 9.17) is 0 Å². The average molecular weight is 288 g/mol. The Hall–Kier alpha value is 0.950. The van der Waals surface area contributed by atoms with E-state index in [1.54, 1.807) is 0 Å². The van der Waals surface area contributed by atoms with Gasteiger partial charge in [-0.2, -0.15) is 0 Å². The summed E-state index contributed by atoms with van der Waals surface area (Å²) in [6, 6.07) is 10.3. The van der Waals surface area contributed by atoms with Crippen LogP contribution in [-0.4, -0.2) is 37.7 Å². The molecule has 0 heterocycles. The summed E-state index contributed by atoms with van der Waals surface area (Å²) in [6.45, 7) is 3.66. The minimum absolute atomic E-state index is 0. The summed E-state index contributed by atoms with van der Waals surface area (Å²) in [4.78, 5) is 0. The van der Waals surface area contributed by atoms with E-state index in [1.165, 1.54) is 5.56 Å². The van der Waals surface area contributed by atoms with E-state index in [1.807, 2.05) is 24.3 Å². The summed E-state index contributed by atoms with van der Waals surface area (Å²) in [5.41, 5.74) is 1.33. The van der Waals surface area contributed by atoms with Crippen molar-refractivity contribution in [3.05, 3.63) is 48.6 Å². The first-order valence-corrected chi connectivity index (χ1v) is 3.08. The van der Waals surface area contributed by atoms with E-state index >= 15 is 0 Å². The second kappa shape index (κ2) is 9.04. The van der Waals surface area contributed by atoms with Crippen molar-refractivity contribution in [2.45, 2.75) is 6.42 Å². The molecule has 0 N–H and O–H groups in total. The van der Waals surface area contributed by atoms with Crippen LogP contribution in [0.3, 0.4) is 0 Å². The Balaban J connectivity index is 0. The summed E-state index contributed by atoms with van der Waals surface area (Å²) in [6.07, 6.45) is 2.89. The van der Waals surface area contributed by atoms with E-state index < -0.39 is 0 Å². The van der Waals surface area contributed by atoms with E-state index in [0.717, 1.165) is 6.42 Å². The fraction of sp³-hybridized carbons (Fsp3) is 0.111. The molecule has 0 aromatic heterocycles. The first kappa shape index (κ1) is 14.5. The van der Waals surface area contributed by atoms with Gasteiger partial charge in [-0.05, 0) is 12.0 Å². The molecular weight excluding hydrogens is 275 g/mol. The molecule has 0 aliphatic heterocycles. The fourth-order valence-electron chi connectivity index (χ4n) is 0.781. The fourth-order valence-corrected chi connectivity index (χ4v) is 0.781. The van der Waals surface area contributed by atoms with Crippen LogP contribution in [0.5, 0.6) is 0 Å². The summed E-state index contributed by atoms with van der Waals surface area (Å²) in [7, 11) is 0. The van der Waals surface area contributed by atoms with E-state index in [0.29, 0.717) is 0 Å². The molecule has 2 heteroatoms. The molecule has 0 saturated carbocycles. The molecular formula is C9H13CaI. The molecule has 0 bridgehead atoms. The Morgan fingerprint density at radius 2 is 1.73 bits per heavy atom. The van der Waals surface area contributed by atoms with Crippen LogP contribution in [0.15, 0.2) is 43.0 Å². The van der Waals surface area contributed by atoms with Crippen LogP contribution in [0, 0.1) is 0 Å². The predicted octanol–water partition coefficient (Wildman–Crippen LogP) is 2.12. The van der Waals surface area contributed by atoms with Gasteiger partial charge in [0, 0.05) is 0 Å². The van der Waals surface area contributed by atoms with E-state index in [-0.39, 0.29) is 61.7 Å². The molecule has 0 radical (unpaired) electrons. The number of hydrogen-bond acceptors (Lipinski definition) is 0. The monoisotopic (exact) mass is 288 g/mol. The first-order chi connectivity index (χ1) is 4.43. The van der Waals surface area contributed by atoms with Gasteiger partial charge in [-0.15, -0.1) is 30.6 Å². The Kier molecular flexibility index (Phi) is 11.9. The SMILES string of the molecule is C=CCc1ccccc1.I.[CaH2]. The number of benzene rings is 1. The minimum atomic E-state index is 0. The maximum absolute atomic E-state index is 3.66. The Labute approximate surface area is 115 Å². The number of rotatable bonds is 2. The molecule has 1 rings (SSSR count). The molecule has 1 aromatic carbocycles. The van der Waals surface area contributed by atoms with E-state index in [9.17, 15) is 0 Å². The average Bonchev–Trinajstić information content (AvgIpc) is 1.91. The Morgan fingerprint density at radius 1 is 1.18 bits per heavy atom. The van der Waals surface area contributed by atoms with Crippen LogP contribution in [-0.2, 0) is 6.42 Å². The van der Waals surface area contributed by atoms with Crippen molar-refractivity contribution in [3.8, 4) is 0 Å². The molecule has 0 aliphatic carbocycles. The third-order valence-electron chi connectivity index (χ3n) is 1.22. The van der Waals surface area contributed by atoms with Crippen LogP contribution in [0.1, 0.15) is 5.56 Å². The van der Waals surface area contributed by atoms with Crippen molar-refractivity contribution in [3.63, 3.8) is 0 Å². The van der Waals surface area contributed by atoms with Gasteiger partial charge < -0.3 is 0 Å². The standard InChI is InChI=1S/C9H10.Ca.HI.2H/c1-2-6-9-7-4-3-5-8-9;;;;/h2-5,7-8H,1,6H2;;1H;;. The Bertz CT molecular complexity index is 184. The number of hydrogen-bond donors (Lipinski definition) is 0. The van der Waals surface area contributed by atoms with Gasteiger partial charge >= 0.3 is 37.7 Å². The van der Waals surface area contributed by atoms with Gasteiger partial charge in [0.05, 0.1) is 0 Å². The van der Waals surface area contributed by atoms with Gasteiger partial charge in [0.2, 0.25) is 0 Å². The van der Waals surface area contributed by atoms with Gasteiger partial charge in [-0.25, -0.2) is 0 Å². The molecule has 0 fully saturated rings. The molecule has 11 heavy (non-hydrogen) atoms. The number of allylic oxidation sites excluding steroid dienone is 1. The second-order valence-corrected chi connectivity index (χ2v) is 1.98. The molecule has 0 atom stereocenters. The van der Waals surface area contributed by atoms with Crippen LogP contribution in [0.2, 0.25) is 0 Å². The van der Waals surface area contributed by atoms with Crippen molar-refractivity contribution in [2.24, 2.45) is 0 Å². The van der Waals surface area contributed by atoms with Crippen molar-refractivity contribution < 1.29 is 0 Å². The van der Waals surface area contributed by atoms with Gasteiger partial charge in [-0.1, -0.05) is 36.4 Å². The van der Waals surface area contributed by atoms with Crippen molar-refractivity contribution in [2.75, 3.05) is 0 Å². The zero-order valence-electron chi connectivity index (χ0n) is 5.79. The summed E-state index contributed by atoms with van der Waals surface area (Å²) in [5, 5.41) is 0. The van der Waals surface area contributed by atoms with E-state index in [2.05, 4.69) is 18.7 Å². The van der Waals surface area contributed by atoms with Crippen molar-refractivity contribution in [1.82, 2.24) is 0 Å². The van der Waals surface area contributed by atoms with Gasteiger partial charge in [0.25, 0.3) is 0 Å². The topological polar surface area (TPSA) is 0 Å².